The van der Waals surface area contributed by atoms with Crippen molar-refractivity contribution in [2.45, 2.75) is 39.8 Å². The van der Waals surface area contributed by atoms with Crippen LogP contribution in [0.3, 0.4) is 0 Å². The number of hydrogen-bond donors (Lipinski definition) is 2. The fourth-order valence-corrected chi connectivity index (χ4v) is 2.28. The lowest BCUT2D eigenvalue weighted by molar-refractivity contribution is -0.119. The molecular formula is C15H19N3O3. The third kappa shape index (κ3) is 3.04. The summed E-state index contributed by atoms with van der Waals surface area (Å²) in [5, 5.41) is 11.8. The highest BCUT2D eigenvalue weighted by Crippen LogP contribution is 2.24. The summed E-state index contributed by atoms with van der Waals surface area (Å²) in [6.45, 7) is 5.93. The molecule has 1 amide bonds. The van der Waals surface area contributed by atoms with Crippen molar-refractivity contribution in [2.24, 2.45) is 0 Å². The molecule has 0 fully saturated rings. The number of nitrogens with zero attached hydrogens (tertiary/aromatic N) is 2. The van der Waals surface area contributed by atoms with E-state index in [9.17, 15) is 9.59 Å². The van der Waals surface area contributed by atoms with Gasteiger partial charge in [0.2, 0.25) is 5.91 Å². The molecule has 0 bridgehead atoms. The number of nitrogens with one attached hydrogen (secondary N) is 1. The smallest absolute Gasteiger partial charge is 0.335 e. The monoisotopic (exact) mass is 289 g/mol. The molecule has 0 spiro atoms. The number of benzene rings is 1. The molecule has 1 aromatic heterocycles. The molecule has 6 heteroatoms. The molecule has 6 nitrogen and oxygen atoms in total. The Bertz CT molecular complexity index is 691. The first-order chi connectivity index (χ1) is 9.93. The Balaban J connectivity index is 2.54. The number of rotatable bonds is 5. The minimum Gasteiger partial charge on any atom is -0.478 e. The number of fused-ring (bicyclic) bond motifs is 1. The first kappa shape index (κ1) is 15.0. The predicted molar refractivity (Wildman–Crippen MR) is 79.2 cm³/mol. The Morgan fingerprint density at radius 3 is 2.71 bits per heavy atom. The summed E-state index contributed by atoms with van der Waals surface area (Å²) in [6, 6.07) is 5.13. The molecule has 0 saturated heterocycles. The van der Waals surface area contributed by atoms with Crippen molar-refractivity contribution >= 4 is 22.9 Å². The zero-order valence-corrected chi connectivity index (χ0v) is 12.4. The Morgan fingerprint density at radius 1 is 1.43 bits per heavy atom. The molecule has 0 saturated carbocycles. The molecule has 0 aliphatic carbocycles. The SMILES string of the molecule is CCC(C)n1c(CNC(C)=O)nc2cc(C(=O)O)ccc21. The van der Waals surface area contributed by atoms with Crippen molar-refractivity contribution in [2.75, 3.05) is 0 Å². The van der Waals surface area contributed by atoms with E-state index in [1.807, 2.05) is 0 Å². The Hall–Kier alpha value is -2.37. The number of hydrogen-bond acceptors (Lipinski definition) is 3. The van der Waals surface area contributed by atoms with E-state index >= 15 is 0 Å². The predicted octanol–water partition coefficient (Wildman–Crippen LogP) is 2.34. The molecule has 1 aromatic carbocycles. The summed E-state index contributed by atoms with van der Waals surface area (Å²) in [7, 11) is 0. The topological polar surface area (TPSA) is 84.2 Å². The van der Waals surface area contributed by atoms with Crippen LogP contribution in [0.1, 0.15) is 49.4 Å². The maximum atomic E-state index is 11.1. The standard InChI is InChI=1S/C15H19N3O3/c1-4-9(2)18-13-6-5-11(15(20)21)7-12(13)17-14(18)8-16-10(3)19/h5-7,9H,4,8H2,1-3H3,(H,16,19)(H,20,21). The number of amides is 1. The van der Waals surface area contributed by atoms with Gasteiger partial charge in [0.05, 0.1) is 23.1 Å². The van der Waals surface area contributed by atoms with Gasteiger partial charge in [-0.2, -0.15) is 0 Å². The van der Waals surface area contributed by atoms with E-state index in [2.05, 4.69) is 28.7 Å². The van der Waals surface area contributed by atoms with Gasteiger partial charge in [-0.25, -0.2) is 9.78 Å². The lowest BCUT2D eigenvalue weighted by atomic mass is 10.2. The lowest BCUT2D eigenvalue weighted by Crippen LogP contribution is -2.22. The summed E-state index contributed by atoms with van der Waals surface area (Å²) in [5.41, 5.74) is 1.73. The molecule has 1 unspecified atom stereocenters. The van der Waals surface area contributed by atoms with Crippen LogP contribution in [-0.2, 0) is 11.3 Å². The largest absolute Gasteiger partial charge is 0.478 e. The minimum absolute atomic E-state index is 0.121. The van der Waals surface area contributed by atoms with Crippen LogP contribution < -0.4 is 5.32 Å². The van der Waals surface area contributed by atoms with Gasteiger partial charge >= 0.3 is 5.97 Å². The zero-order chi connectivity index (χ0) is 15.6. The van der Waals surface area contributed by atoms with E-state index < -0.39 is 5.97 Å². The molecule has 1 atom stereocenters. The van der Waals surface area contributed by atoms with Gasteiger partial charge in [-0.1, -0.05) is 6.92 Å². The van der Waals surface area contributed by atoms with Gasteiger partial charge in [0, 0.05) is 13.0 Å². The van der Waals surface area contributed by atoms with E-state index in [-0.39, 0.29) is 17.5 Å². The van der Waals surface area contributed by atoms with E-state index in [0.29, 0.717) is 12.1 Å². The van der Waals surface area contributed by atoms with Gasteiger partial charge in [0.1, 0.15) is 5.82 Å². The van der Waals surface area contributed by atoms with Crippen LogP contribution in [0, 0.1) is 0 Å². The van der Waals surface area contributed by atoms with Crippen molar-refractivity contribution in [3.63, 3.8) is 0 Å². The summed E-state index contributed by atoms with van der Waals surface area (Å²) < 4.78 is 2.05. The third-order valence-corrected chi connectivity index (χ3v) is 3.54. The Labute approximate surface area is 122 Å². The highest BCUT2D eigenvalue weighted by atomic mass is 16.4. The van der Waals surface area contributed by atoms with Crippen molar-refractivity contribution in [1.29, 1.82) is 0 Å². The number of aromatic nitrogens is 2. The third-order valence-electron chi connectivity index (χ3n) is 3.54. The van der Waals surface area contributed by atoms with E-state index in [0.717, 1.165) is 17.8 Å². The minimum atomic E-state index is -0.974. The normalized spacial score (nSPS) is 12.3. The van der Waals surface area contributed by atoms with Crippen LogP contribution in [0.2, 0.25) is 0 Å². The number of carbonyl (C=O) groups excluding carboxylic acids is 1. The number of aromatic carboxylic acids is 1. The molecule has 2 rings (SSSR count). The number of carboxylic acid groups (broad SMARTS) is 1. The quantitative estimate of drug-likeness (QED) is 0.884. The molecule has 1 heterocycles. The highest BCUT2D eigenvalue weighted by molar-refractivity contribution is 5.92. The number of carboxylic acids is 1. The van der Waals surface area contributed by atoms with Crippen LogP contribution in [0.25, 0.3) is 11.0 Å². The maximum absolute atomic E-state index is 11.1. The number of carbonyl (C=O) groups is 2. The van der Waals surface area contributed by atoms with Gasteiger partial charge in [-0.15, -0.1) is 0 Å². The van der Waals surface area contributed by atoms with Crippen molar-refractivity contribution in [3.05, 3.63) is 29.6 Å². The van der Waals surface area contributed by atoms with E-state index in [1.165, 1.54) is 6.92 Å². The van der Waals surface area contributed by atoms with Gasteiger partial charge in [-0.3, -0.25) is 4.79 Å². The molecule has 2 aromatic rings. The van der Waals surface area contributed by atoms with Gasteiger partial charge < -0.3 is 15.0 Å². The molecule has 0 radical (unpaired) electrons. The van der Waals surface area contributed by atoms with Gasteiger partial charge in [-0.05, 0) is 31.5 Å². The molecule has 0 aliphatic heterocycles. The molecule has 2 N–H and O–H groups in total. The lowest BCUT2D eigenvalue weighted by Gasteiger charge is -2.16. The second kappa shape index (κ2) is 5.95. The molecule has 112 valence electrons. The summed E-state index contributed by atoms with van der Waals surface area (Å²) in [6.07, 6.45) is 0.916. The fourth-order valence-electron chi connectivity index (χ4n) is 2.28. The van der Waals surface area contributed by atoms with Crippen LogP contribution in [0.15, 0.2) is 18.2 Å². The Morgan fingerprint density at radius 2 is 2.14 bits per heavy atom. The molecule has 21 heavy (non-hydrogen) atoms. The van der Waals surface area contributed by atoms with Crippen molar-refractivity contribution in [1.82, 2.24) is 14.9 Å². The first-order valence-electron chi connectivity index (χ1n) is 6.92. The average molecular weight is 289 g/mol. The molecular weight excluding hydrogens is 270 g/mol. The summed E-state index contributed by atoms with van der Waals surface area (Å²) in [5.74, 6) is -0.362. The summed E-state index contributed by atoms with van der Waals surface area (Å²) >= 11 is 0. The zero-order valence-electron chi connectivity index (χ0n) is 12.4. The van der Waals surface area contributed by atoms with E-state index in [1.54, 1.807) is 18.2 Å². The van der Waals surface area contributed by atoms with Crippen molar-refractivity contribution in [3.8, 4) is 0 Å². The molecule has 0 aliphatic rings. The van der Waals surface area contributed by atoms with Gasteiger partial charge in [0.25, 0.3) is 0 Å². The second-order valence-electron chi connectivity index (χ2n) is 5.07. The second-order valence-corrected chi connectivity index (χ2v) is 5.07. The first-order valence-corrected chi connectivity index (χ1v) is 6.92. The summed E-state index contributed by atoms with van der Waals surface area (Å²) in [4.78, 5) is 26.6. The van der Waals surface area contributed by atoms with Crippen LogP contribution in [0.4, 0.5) is 0 Å². The average Bonchev–Trinajstić information content (AvgIpc) is 2.81. The van der Waals surface area contributed by atoms with Crippen molar-refractivity contribution < 1.29 is 14.7 Å². The van der Waals surface area contributed by atoms with Crippen LogP contribution >= 0.6 is 0 Å². The highest BCUT2D eigenvalue weighted by Gasteiger charge is 2.16. The van der Waals surface area contributed by atoms with Gasteiger partial charge in [0.15, 0.2) is 0 Å². The van der Waals surface area contributed by atoms with Crippen LogP contribution in [-0.4, -0.2) is 26.5 Å². The fraction of sp³-hybridized carbons (Fsp3) is 0.400. The maximum Gasteiger partial charge on any atom is 0.335 e. The Kier molecular flexibility index (Phi) is 4.26. The van der Waals surface area contributed by atoms with Crippen LogP contribution in [0.5, 0.6) is 0 Å². The van der Waals surface area contributed by atoms with E-state index in [4.69, 9.17) is 5.11 Å². The number of imidazole rings is 1.